The van der Waals surface area contributed by atoms with Crippen molar-refractivity contribution in [2.45, 2.75) is 13.0 Å². The Morgan fingerprint density at radius 3 is 2.73 bits per heavy atom. The fourth-order valence-electron chi connectivity index (χ4n) is 2.86. The molecule has 0 amide bonds. The lowest BCUT2D eigenvalue weighted by Gasteiger charge is -2.08. The number of benzene rings is 1. The van der Waals surface area contributed by atoms with Crippen LogP contribution in [0.4, 0.5) is 14.6 Å². The van der Waals surface area contributed by atoms with Crippen LogP contribution in [0.1, 0.15) is 16.7 Å². The first-order valence-electron chi connectivity index (χ1n) is 8.23. The summed E-state index contributed by atoms with van der Waals surface area (Å²) < 4.78 is 26.6. The van der Waals surface area contributed by atoms with Gasteiger partial charge in [0.15, 0.2) is 0 Å². The number of nitrogens with zero attached hydrogens (tertiary/aromatic N) is 2. The van der Waals surface area contributed by atoms with Crippen molar-refractivity contribution in [3.8, 4) is 0 Å². The number of hydrogen-bond acceptors (Lipinski definition) is 3. The van der Waals surface area contributed by atoms with E-state index in [9.17, 15) is 8.78 Å². The van der Waals surface area contributed by atoms with Crippen LogP contribution in [0.25, 0.3) is 11.0 Å². The van der Waals surface area contributed by atoms with E-state index in [1.807, 2.05) is 30.5 Å². The Morgan fingerprint density at radius 1 is 1.00 bits per heavy atom. The van der Waals surface area contributed by atoms with Crippen LogP contribution < -0.4 is 5.32 Å². The molecule has 130 valence electrons. The molecule has 1 aromatic carbocycles. The van der Waals surface area contributed by atoms with Crippen LogP contribution in [0.2, 0.25) is 0 Å². The number of rotatable bonds is 5. The van der Waals surface area contributed by atoms with Gasteiger partial charge >= 0.3 is 0 Å². The van der Waals surface area contributed by atoms with E-state index in [0.29, 0.717) is 11.4 Å². The highest BCUT2D eigenvalue weighted by molar-refractivity contribution is 5.79. The minimum absolute atomic E-state index is 0.243. The first kappa shape index (κ1) is 16.2. The topological polar surface area (TPSA) is 53.6 Å². The Balaban J connectivity index is 1.43. The molecule has 0 unspecified atom stereocenters. The largest absolute Gasteiger partial charge is 0.366 e. The molecule has 3 aromatic heterocycles. The summed E-state index contributed by atoms with van der Waals surface area (Å²) in [5, 5.41) is 4.15. The second-order valence-corrected chi connectivity index (χ2v) is 6.03. The molecule has 2 N–H and O–H groups in total. The van der Waals surface area contributed by atoms with E-state index < -0.39 is 11.6 Å². The average molecular weight is 350 g/mol. The van der Waals surface area contributed by atoms with Crippen LogP contribution in [0.5, 0.6) is 0 Å². The summed E-state index contributed by atoms with van der Waals surface area (Å²) in [7, 11) is 0. The minimum atomic E-state index is -0.582. The third-order valence-electron chi connectivity index (χ3n) is 4.23. The van der Waals surface area contributed by atoms with E-state index in [4.69, 9.17) is 0 Å². The summed E-state index contributed by atoms with van der Waals surface area (Å²) in [6.45, 7) is 0.243. The van der Waals surface area contributed by atoms with E-state index in [2.05, 4.69) is 20.3 Å². The maximum Gasteiger partial charge on any atom is 0.137 e. The number of pyridine rings is 2. The molecule has 0 saturated carbocycles. The van der Waals surface area contributed by atoms with Gasteiger partial charge in [-0.1, -0.05) is 12.1 Å². The Morgan fingerprint density at radius 2 is 1.92 bits per heavy atom. The third kappa shape index (κ3) is 3.39. The van der Waals surface area contributed by atoms with Crippen molar-refractivity contribution >= 4 is 16.9 Å². The Kier molecular flexibility index (Phi) is 4.31. The minimum Gasteiger partial charge on any atom is -0.366 e. The highest BCUT2D eigenvalue weighted by atomic mass is 19.1. The van der Waals surface area contributed by atoms with Gasteiger partial charge in [-0.15, -0.1) is 0 Å². The first-order valence-corrected chi connectivity index (χ1v) is 8.23. The molecule has 0 bridgehead atoms. The molecule has 6 heteroatoms. The quantitative estimate of drug-likeness (QED) is 0.559. The normalized spacial score (nSPS) is 11.0. The molecule has 0 aliphatic heterocycles. The van der Waals surface area contributed by atoms with E-state index in [1.54, 1.807) is 12.4 Å². The Bertz CT molecular complexity index is 1040. The second kappa shape index (κ2) is 6.92. The summed E-state index contributed by atoms with van der Waals surface area (Å²) in [5.41, 5.74) is 3.48. The number of halogens is 2. The molecule has 0 aliphatic carbocycles. The van der Waals surface area contributed by atoms with Gasteiger partial charge in [0.05, 0.1) is 0 Å². The molecule has 3 heterocycles. The SMILES string of the molecule is Fc1ccc(CNc2ccc(Cc3c[nH]c4ncccc34)cn2)c(F)c1. The zero-order chi connectivity index (χ0) is 17.9. The number of fused-ring (bicyclic) bond motifs is 1. The predicted octanol–water partition coefficient (Wildman–Crippen LogP) is 4.44. The number of aromatic amines is 1. The van der Waals surface area contributed by atoms with E-state index in [0.717, 1.165) is 34.6 Å². The van der Waals surface area contributed by atoms with Gasteiger partial charge in [-0.3, -0.25) is 0 Å². The molecule has 4 rings (SSSR count). The fourth-order valence-corrected chi connectivity index (χ4v) is 2.86. The fraction of sp³-hybridized carbons (Fsp3) is 0.100. The zero-order valence-corrected chi connectivity index (χ0v) is 13.8. The number of hydrogen-bond donors (Lipinski definition) is 2. The Labute approximate surface area is 148 Å². The standard InChI is InChI=1S/C20H16F2N4/c21-16-5-4-14(18(22)9-16)11-25-19-6-3-13(10-24-19)8-15-12-26-20-17(15)2-1-7-23-20/h1-7,9-10,12H,8,11H2,(H,23,26)(H,24,25). The molecular formula is C20H16F2N4. The van der Waals surface area contributed by atoms with Crippen molar-refractivity contribution in [3.63, 3.8) is 0 Å². The smallest absolute Gasteiger partial charge is 0.137 e. The molecule has 0 radical (unpaired) electrons. The number of anilines is 1. The lowest BCUT2D eigenvalue weighted by molar-refractivity contribution is 0.574. The van der Waals surface area contributed by atoms with E-state index in [-0.39, 0.29) is 6.54 Å². The maximum absolute atomic E-state index is 13.6. The van der Waals surface area contributed by atoms with Gasteiger partial charge in [0, 0.05) is 48.6 Å². The van der Waals surface area contributed by atoms with Gasteiger partial charge in [-0.05, 0) is 35.4 Å². The van der Waals surface area contributed by atoms with Crippen molar-refractivity contribution in [1.29, 1.82) is 0 Å². The number of nitrogens with one attached hydrogen (secondary N) is 2. The van der Waals surface area contributed by atoms with E-state index >= 15 is 0 Å². The van der Waals surface area contributed by atoms with Crippen LogP contribution in [0.3, 0.4) is 0 Å². The highest BCUT2D eigenvalue weighted by Crippen LogP contribution is 2.19. The van der Waals surface area contributed by atoms with Gasteiger partial charge < -0.3 is 10.3 Å². The summed E-state index contributed by atoms with van der Waals surface area (Å²) in [4.78, 5) is 11.8. The van der Waals surface area contributed by atoms with Crippen LogP contribution >= 0.6 is 0 Å². The van der Waals surface area contributed by atoms with Crippen LogP contribution in [0.15, 0.2) is 61.1 Å². The first-order chi connectivity index (χ1) is 12.7. The van der Waals surface area contributed by atoms with Gasteiger partial charge in [0.25, 0.3) is 0 Å². The van der Waals surface area contributed by atoms with Gasteiger partial charge in [0.1, 0.15) is 23.1 Å². The molecule has 4 aromatic rings. The molecule has 0 aliphatic rings. The molecule has 0 fully saturated rings. The zero-order valence-electron chi connectivity index (χ0n) is 13.8. The molecule has 4 nitrogen and oxygen atoms in total. The monoisotopic (exact) mass is 350 g/mol. The van der Waals surface area contributed by atoms with Gasteiger partial charge in [-0.2, -0.15) is 0 Å². The van der Waals surface area contributed by atoms with Crippen molar-refractivity contribution < 1.29 is 8.78 Å². The van der Waals surface area contributed by atoms with Crippen molar-refractivity contribution in [2.75, 3.05) is 5.32 Å². The lowest BCUT2D eigenvalue weighted by Crippen LogP contribution is -2.04. The maximum atomic E-state index is 13.6. The van der Waals surface area contributed by atoms with Gasteiger partial charge in [-0.25, -0.2) is 18.7 Å². The molecule has 0 saturated heterocycles. The van der Waals surface area contributed by atoms with E-state index in [1.165, 1.54) is 12.1 Å². The van der Waals surface area contributed by atoms with Crippen molar-refractivity contribution in [3.05, 3.63) is 89.4 Å². The van der Waals surface area contributed by atoms with Crippen LogP contribution in [-0.2, 0) is 13.0 Å². The molecule has 26 heavy (non-hydrogen) atoms. The second-order valence-electron chi connectivity index (χ2n) is 6.03. The van der Waals surface area contributed by atoms with Crippen molar-refractivity contribution in [2.24, 2.45) is 0 Å². The third-order valence-corrected chi connectivity index (χ3v) is 4.23. The lowest BCUT2D eigenvalue weighted by atomic mass is 10.1. The number of H-pyrrole nitrogens is 1. The molecule has 0 atom stereocenters. The summed E-state index contributed by atoms with van der Waals surface area (Å²) in [5.74, 6) is -0.513. The predicted molar refractivity (Wildman–Crippen MR) is 96.8 cm³/mol. The number of aromatic nitrogens is 3. The van der Waals surface area contributed by atoms with Crippen LogP contribution in [0, 0.1) is 11.6 Å². The summed E-state index contributed by atoms with van der Waals surface area (Å²) in [6, 6.07) is 11.3. The van der Waals surface area contributed by atoms with Gasteiger partial charge in [0.2, 0.25) is 0 Å². The van der Waals surface area contributed by atoms with Crippen molar-refractivity contribution in [1.82, 2.24) is 15.0 Å². The highest BCUT2D eigenvalue weighted by Gasteiger charge is 2.06. The summed E-state index contributed by atoms with van der Waals surface area (Å²) in [6.07, 6.45) is 6.25. The average Bonchev–Trinajstić information content (AvgIpc) is 3.05. The Hall–Kier alpha value is -3.28. The molecule has 0 spiro atoms. The summed E-state index contributed by atoms with van der Waals surface area (Å²) >= 11 is 0. The molecular weight excluding hydrogens is 334 g/mol. The van der Waals surface area contributed by atoms with Crippen LogP contribution in [-0.4, -0.2) is 15.0 Å².